The van der Waals surface area contributed by atoms with Gasteiger partial charge in [0.2, 0.25) is 21.8 Å². The highest BCUT2D eigenvalue weighted by Gasteiger charge is 2.33. The van der Waals surface area contributed by atoms with Crippen molar-refractivity contribution < 1.29 is 27.5 Å². The van der Waals surface area contributed by atoms with Gasteiger partial charge < -0.3 is 19.7 Å². The number of hydrogen-bond acceptors (Lipinski definition) is 6. The van der Waals surface area contributed by atoms with E-state index in [2.05, 4.69) is 5.32 Å². The summed E-state index contributed by atoms with van der Waals surface area (Å²) in [5.41, 5.74) is 1.05. The maximum Gasteiger partial charge on any atom is 0.244 e. The predicted molar refractivity (Wildman–Crippen MR) is 143 cm³/mol. The fourth-order valence-electron chi connectivity index (χ4n) is 4.65. The molecule has 1 aliphatic carbocycles. The quantitative estimate of drug-likeness (QED) is 0.451. The maximum absolute atomic E-state index is 13.8. The van der Waals surface area contributed by atoms with Crippen molar-refractivity contribution in [1.82, 2.24) is 10.2 Å². The van der Waals surface area contributed by atoms with Gasteiger partial charge in [-0.05, 0) is 37.0 Å². The third-order valence-corrected chi connectivity index (χ3v) is 7.74. The zero-order valence-corrected chi connectivity index (χ0v) is 22.8. The van der Waals surface area contributed by atoms with Crippen LogP contribution in [0.3, 0.4) is 0 Å². The van der Waals surface area contributed by atoms with E-state index < -0.39 is 28.5 Å². The van der Waals surface area contributed by atoms with Gasteiger partial charge >= 0.3 is 0 Å². The molecule has 1 fully saturated rings. The van der Waals surface area contributed by atoms with Crippen LogP contribution < -0.4 is 19.1 Å². The fourth-order valence-corrected chi connectivity index (χ4v) is 5.51. The SMILES string of the molecule is CC[C@H](C(=O)NC1CCCC1)N(Cc1ccccc1)C(=O)CN(c1ccc(OC)cc1OC)S(C)(=O)=O. The summed E-state index contributed by atoms with van der Waals surface area (Å²) in [7, 11) is -0.964. The number of carbonyl (C=O) groups excluding carboxylic acids is 2. The Kier molecular flexibility index (Phi) is 9.79. The van der Waals surface area contributed by atoms with Crippen molar-refractivity contribution >= 4 is 27.5 Å². The molecule has 2 aromatic rings. The molecule has 0 bridgehead atoms. The Labute approximate surface area is 219 Å². The lowest BCUT2D eigenvalue weighted by atomic mass is 10.1. The number of methoxy groups -OCH3 is 2. The first kappa shape index (κ1) is 28.3. The zero-order valence-electron chi connectivity index (χ0n) is 22.0. The van der Waals surface area contributed by atoms with E-state index in [-0.39, 0.29) is 29.9 Å². The number of carbonyl (C=O) groups is 2. The average Bonchev–Trinajstić information content (AvgIpc) is 3.39. The van der Waals surface area contributed by atoms with Gasteiger partial charge in [-0.15, -0.1) is 0 Å². The molecule has 2 amide bonds. The molecule has 3 rings (SSSR count). The van der Waals surface area contributed by atoms with Crippen LogP contribution in [0.2, 0.25) is 0 Å². The molecule has 1 saturated carbocycles. The lowest BCUT2D eigenvalue weighted by Crippen LogP contribution is -2.53. The van der Waals surface area contributed by atoms with Crippen LogP contribution in [0.15, 0.2) is 48.5 Å². The van der Waals surface area contributed by atoms with Crippen LogP contribution in [0.25, 0.3) is 0 Å². The minimum Gasteiger partial charge on any atom is -0.497 e. The fraction of sp³-hybridized carbons (Fsp3) is 0.481. The van der Waals surface area contributed by atoms with E-state index in [1.54, 1.807) is 12.1 Å². The third-order valence-electron chi connectivity index (χ3n) is 6.62. The van der Waals surface area contributed by atoms with Crippen molar-refractivity contribution in [2.75, 3.05) is 31.3 Å². The van der Waals surface area contributed by atoms with E-state index in [1.807, 2.05) is 37.3 Å². The Morgan fingerprint density at radius 1 is 1.05 bits per heavy atom. The van der Waals surface area contributed by atoms with Gasteiger partial charge in [-0.3, -0.25) is 13.9 Å². The van der Waals surface area contributed by atoms with Crippen LogP contribution >= 0.6 is 0 Å². The summed E-state index contributed by atoms with van der Waals surface area (Å²) in [5.74, 6) is 0.0334. The number of nitrogens with one attached hydrogen (secondary N) is 1. The number of benzene rings is 2. The minimum absolute atomic E-state index is 0.103. The topological polar surface area (TPSA) is 105 Å². The first-order chi connectivity index (χ1) is 17.7. The van der Waals surface area contributed by atoms with Crippen LogP contribution in [-0.2, 0) is 26.2 Å². The summed E-state index contributed by atoms with van der Waals surface area (Å²) < 4.78 is 37.4. The first-order valence-electron chi connectivity index (χ1n) is 12.5. The third kappa shape index (κ3) is 7.38. The Hall–Kier alpha value is -3.27. The monoisotopic (exact) mass is 531 g/mol. The molecule has 0 heterocycles. The van der Waals surface area contributed by atoms with Gasteiger partial charge in [0.15, 0.2) is 0 Å². The van der Waals surface area contributed by atoms with Crippen molar-refractivity contribution in [3.63, 3.8) is 0 Å². The highest BCUT2D eigenvalue weighted by Crippen LogP contribution is 2.33. The number of hydrogen-bond donors (Lipinski definition) is 1. The summed E-state index contributed by atoms with van der Waals surface area (Å²) in [6.07, 6.45) is 5.42. The largest absolute Gasteiger partial charge is 0.497 e. The minimum atomic E-state index is -3.88. The molecule has 0 saturated heterocycles. The van der Waals surface area contributed by atoms with Crippen LogP contribution in [0, 0.1) is 0 Å². The number of rotatable bonds is 12. The number of ether oxygens (including phenoxy) is 2. The summed E-state index contributed by atoms with van der Waals surface area (Å²) in [4.78, 5) is 28.6. The van der Waals surface area contributed by atoms with E-state index in [4.69, 9.17) is 9.47 Å². The Balaban J connectivity index is 1.95. The van der Waals surface area contributed by atoms with E-state index in [0.29, 0.717) is 12.2 Å². The number of nitrogens with zero attached hydrogens (tertiary/aromatic N) is 2. The Bertz CT molecular complexity index is 1170. The van der Waals surface area contributed by atoms with Gasteiger partial charge in [0, 0.05) is 18.7 Å². The highest BCUT2D eigenvalue weighted by atomic mass is 32.2. The van der Waals surface area contributed by atoms with Gasteiger partial charge in [0.05, 0.1) is 26.2 Å². The van der Waals surface area contributed by atoms with Crippen LogP contribution in [-0.4, -0.2) is 64.2 Å². The summed E-state index contributed by atoms with van der Waals surface area (Å²) in [6, 6.07) is 13.4. The summed E-state index contributed by atoms with van der Waals surface area (Å²) >= 11 is 0. The molecule has 10 heteroatoms. The van der Waals surface area contributed by atoms with Gasteiger partial charge in [0.25, 0.3) is 0 Å². The number of sulfonamides is 1. The van der Waals surface area contributed by atoms with Gasteiger partial charge in [-0.25, -0.2) is 8.42 Å². The predicted octanol–water partition coefficient (Wildman–Crippen LogP) is 3.34. The van der Waals surface area contributed by atoms with Gasteiger partial charge in [-0.1, -0.05) is 50.1 Å². The van der Waals surface area contributed by atoms with Crippen molar-refractivity contribution in [2.45, 2.75) is 57.7 Å². The van der Waals surface area contributed by atoms with Gasteiger partial charge in [-0.2, -0.15) is 0 Å². The van der Waals surface area contributed by atoms with Crippen LogP contribution in [0.5, 0.6) is 11.5 Å². The van der Waals surface area contributed by atoms with Crippen LogP contribution in [0.4, 0.5) is 5.69 Å². The molecule has 1 N–H and O–H groups in total. The summed E-state index contributed by atoms with van der Waals surface area (Å²) in [6.45, 7) is 1.54. The van der Waals surface area contributed by atoms with Crippen molar-refractivity contribution in [3.8, 4) is 11.5 Å². The van der Waals surface area contributed by atoms with Crippen molar-refractivity contribution in [2.24, 2.45) is 0 Å². The molecule has 1 aliphatic rings. The second-order valence-corrected chi connectivity index (χ2v) is 11.1. The van der Waals surface area contributed by atoms with Gasteiger partial charge in [0.1, 0.15) is 24.1 Å². The van der Waals surface area contributed by atoms with E-state index in [1.165, 1.54) is 25.2 Å². The zero-order chi connectivity index (χ0) is 27.0. The van der Waals surface area contributed by atoms with E-state index >= 15 is 0 Å². The van der Waals surface area contributed by atoms with E-state index in [9.17, 15) is 18.0 Å². The smallest absolute Gasteiger partial charge is 0.244 e. The Morgan fingerprint density at radius 3 is 2.30 bits per heavy atom. The summed E-state index contributed by atoms with van der Waals surface area (Å²) in [5, 5.41) is 3.10. The second-order valence-electron chi connectivity index (χ2n) is 9.23. The molecular weight excluding hydrogens is 494 g/mol. The maximum atomic E-state index is 13.8. The molecule has 2 aromatic carbocycles. The molecule has 0 aromatic heterocycles. The molecule has 0 radical (unpaired) electrons. The second kappa shape index (κ2) is 12.8. The molecule has 202 valence electrons. The molecule has 0 aliphatic heterocycles. The first-order valence-corrected chi connectivity index (χ1v) is 14.4. The molecule has 9 nitrogen and oxygen atoms in total. The Morgan fingerprint density at radius 2 is 1.73 bits per heavy atom. The lowest BCUT2D eigenvalue weighted by Gasteiger charge is -2.33. The standard InChI is InChI=1S/C27H37N3O6S/c1-5-23(27(32)28-21-13-9-10-14-21)29(18-20-11-7-6-8-12-20)26(31)19-30(37(4,33)34)24-16-15-22(35-2)17-25(24)36-3/h6-8,11-12,15-17,21,23H,5,9-10,13-14,18-19H2,1-4H3,(H,28,32)/t23-/m1/s1. The van der Waals surface area contributed by atoms with Crippen molar-refractivity contribution in [1.29, 1.82) is 0 Å². The number of anilines is 1. The molecule has 0 spiro atoms. The highest BCUT2D eigenvalue weighted by molar-refractivity contribution is 7.92. The molecule has 1 atom stereocenters. The molecular formula is C27H37N3O6S. The van der Waals surface area contributed by atoms with E-state index in [0.717, 1.165) is 41.8 Å². The average molecular weight is 532 g/mol. The normalized spacial score (nSPS) is 14.6. The molecule has 0 unspecified atom stereocenters. The lowest BCUT2D eigenvalue weighted by molar-refractivity contribution is -0.140. The number of amides is 2. The van der Waals surface area contributed by atoms with Crippen molar-refractivity contribution in [3.05, 3.63) is 54.1 Å². The molecule has 37 heavy (non-hydrogen) atoms. The van der Waals surface area contributed by atoms with Crippen LogP contribution in [0.1, 0.15) is 44.6 Å².